The SMILES string of the molecule is C=CCN(CC(=O)Nc1ccc(Br)cc1C)Cc1cccs1. The summed E-state index contributed by atoms with van der Waals surface area (Å²) in [6.07, 6.45) is 1.83. The monoisotopic (exact) mass is 378 g/mol. The fourth-order valence-corrected chi connectivity index (χ4v) is 3.37. The molecule has 0 fully saturated rings. The van der Waals surface area contributed by atoms with Gasteiger partial charge in [-0.05, 0) is 42.1 Å². The Balaban J connectivity index is 1.96. The van der Waals surface area contributed by atoms with E-state index in [-0.39, 0.29) is 5.91 Å². The zero-order valence-electron chi connectivity index (χ0n) is 12.5. The van der Waals surface area contributed by atoms with E-state index in [0.717, 1.165) is 22.3 Å². The summed E-state index contributed by atoms with van der Waals surface area (Å²) in [6.45, 7) is 7.54. The van der Waals surface area contributed by atoms with Crippen LogP contribution in [-0.2, 0) is 11.3 Å². The van der Waals surface area contributed by atoms with E-state index < -0.39 is 0 Å². The molecule has 0 saturated heterocycles. The van der Waals surface area contributed by atoms with Crippen LogP contribution in [0.4, 0.5) is 5.69 Å². The standard InChI is InChI=1S/C17H19BrN2OS/c1-3-8-20(11-15-5-4-9-22-15)12-17(21)19-16-7-6-14(18)10-13(16)2/h3-7,9-10H,1,8,11-12H2,2H3,(H,19,21). The van der Waals surface area contributed by atoms with Gasteiger partial charge >= 0.3 is 0 Å². The lowest BCUT2D eigenvalue weighted by molar-refractivity contribution is -0.117. The Kier molecular flexibility index (Phi) is 6.36. The predicted octanol–water partition coefficient (Wildman–Crippen LogP) is 4.45. The van der Waals surface area contributed by atoms with Gasteiger partial charge < -0.3 is 5.32 Å². The van der Waals surface area contributed by atoms with E-state index in [1.807, 2.05) is 42.6 Å². The molecule has 3 nitrogen and oxygen atoms in total. The first kappa shape index (κ1) is 16.9. The number of hydrogen-bond donors (Lipinski definition) is 1. The summed E-state index contributed by atoms with van der Waals surface area (Å²) in [4.78, 5) is 15.6. The first-order chi connectivity index (χ1) is 10.6. The Morgan fingerprint density at radius 3 is 2.91 bits per heavy atom. The van der Waals surface area contributed by atoms with Crippen LogP contribution in [0.1, 0.15) is 10.4 Å². The van der Waals surface area contributed by atoms with Gasteiger partial charge in [-0.25, -0.2) is 0 Å². The zero-order chi connectivity index (χ0) is 15.9. The molecule has 0 spiro atoms. The number of carbonyl (C=O) groups excluding carboxylic acids is 1. The van der Waals surface area contributed by atoms with E-state index in [9.17, 15) is 4.79 Å². The van der Waals surface area contributed by atoms with Crippen molar-refractivity contribution < 1.29 is 4.79 Å². The van der Waals surface area contributed by atoms with E-state index in [1.54, 1.807) is 11.3 Å². The third kappa shape index (κ3) is 5.09. The molecule has 22 heavy (non-hydrogen) atoms. The second-order valence-electron chi connectivity index (χ2n) is 5.05. The van der Waals surface area contributed by atoms with Gasteiger partial charge in [0.15, 0.2) is 0 Å². The van der Waals surface area contributed by atoms with Crippen molar-refractivity contribution in [2.45, 2.75) is 13.5 Å². The summed E-state index contributed by atoms with van der Waals surface area (Å²) in [7, 11) is 0. The number of nitrogens with one attached hydrogen (secondary N) is 1. The molecular weight excluding hydrogens is 360 g/mol. The molecule has 0 bridgehead atoms. The van der Waals surface area contributed by atoms with E-state index in [1.165, 1.54) is 4.88 Å². The number of halogens is 1. The van der Waals surface area contributed by atoms with Crippen molar-refractivity contribution in [3.8, 4) is 0 Å². The number of amides is 1. The minimum atomic E-state index is -0.0103. The number of anilines is 1. The highest BCUT2D eigenvalue weighted by Crippen LogP contribution is 2.20. The average molecular weight is 379 g/mol. The predicted molar refractivity (Wildman–Crippen MR) is 97.3 cm³/mol. The number of hydrogen-bond acceptors (Lipinski definition) is 3. The molecule has 0 radical (unpaired) electrons. The number of thiophene rings is 1. The number of benzene rings is 1. The molecule has 0 aliphatic carbocycles. The van der Waals surface area contributed by atoms with Gasteiger partial charge in [-0.15, -0.1) is 17.9 Å². The largest absolute Gasteiger partial charge is 0.325 e. The van der Waals surface area contributed by atoms with Crippen molar-refractivity contribution in [3.05, 3.63) is 63.3 Å². The molecule has 116 valence electrons. The van der Waals surface area contributed by atoms with Gasteiger partial charge in [-0.3, -0.25) is 9.69 Å². The summed E-state index contributed by atoms with van der Waals surface area (Å²) in [5, 5.41) is 5.02. The molecule has 0 atom stereocenters. The normalized spacial score (nSPS) is 10.7. The molecular formula is C17H19BrN2OS. The van der Waals surface area contributed by atoms with Gasteiger partial charge in [-0.2, -0.15) is 0 Å². The Morgan fingerprint density at radius 2 is 2.27 bits per heavy atom. The fraction of sp³-hybridized carbons (Fsp3) is 0.235. The maximum atomic E-state index is 12.3. The number of aryl methyl sites for hydroxylation is 1. The van der Waals surface area contributed by atoms with Gasteiger partial charge in [0.2, 0.25) is 5.91 Å². The van der Waals surface area contributed by atoms with Crippen molar-refractivity contribution in [2.24, 2.45) is 0 Å². The van der Waals surface area contributed by atoms with Gasteiger partial charge in [0.05, 0.1) is 6.54 Å². The molecule has 2 rings (SSSR count). The number of rotatable bonds is 7. The molecule has 1 heterocycles. The zero-order valence-corrected chi connectivity index (χ0v) is 14.9. The first-order valence-electron chi connectivity index (χ1n) is 7.00. The Labute approximate surface area is 143 Å². The summed E-state index contributed by atoms with van der Waals surface area (Å²) in [5.41, 5.74) is 1.89. The quantitative estimate of drug-likeness (QED) is 0.721. The minimum Gasteiger partial charge on any atom is -0.325 e. The van der Waals surface area contributed by atoms with E-state index in [0.29, 0.717) is 13.1 Å². The highest BCUT2D eigenvalue weighted by molar-refractivity contribution is 9.10. The van der Waals surface area contributed by atoms with Crippen LogP contribution in [0.5, 0.6) is 0 Å². The molecule has 2 aromatic rings. The van der Waals surface area contributed by atoms with E-state index in [4.69, 9.17) is 0 Å². The smallest absolute Gasteiger partial charge is 0.238 e. The molecule has 1 amide bonds. The highest BCUT2D eigenvalue weighted by atomic mass is 79.9. The molecule has 0 saturated carbocycles. The van der Waals surface area contributed by atoms with Crippen molar-refractivity contribution in [1.82, 2.24) is 4.90 Å². The van der Waals surface area contributed by atoms with Crippen LogP contribution in [-0.4, -0.2) is 23.9 Å². The van der Waals surface area contributed by atoms with E-state index >= 15 is 0 Å². The first-order valence-corrected chi connectivity index (χ1v) is 8.67. The van der Waals surface area contributed by atoms with Crippen molar-refractivity contribution in [3.63, 3.8) is 0 Å². The summed E-state index contributed by atoms with van der Waals surface area (Å²) < 4.78 is 1.01. The van der Waals surface area contributed by atoms with Crippen LogP contribution >= 0.6 is 27.3 Å². The molecule has 0 unspecified atom stereocenters. The van der Waals surface area contributed by atoms with Crippen LogP contribution in [0.25, 0.3) is 0 Å². The molecule has 1 N–H and O–H groups in total. The summed E-state index contributed by atoms with van der Waals surface area (Å²) in [5.74, 6) is -0.0103. The number of nitrogens with zero attached hydrogens (tertiary/aromatic N) is 1. The van der Waals surface area contributed by atoms with Crippen LogP contribution in [0.15, 0.2) is 52.8 Å². The Bertz CT molecular complexity index is 640. The van der Waals surface area contributed by atoms with Gasteiger partial charge in [0, 0.05) is 28.1 Å². The summed E-state index contributed by atoms with van der Waals surface area (Å²) in [6, 6.07) is 9.93. The van der Waals surface area contributed by atoms with Gasteiger partial charge in [0.25, 0.3) is 0 Å². The lowest BCUT2D eigenvalue weighted by atomic mass is 10.2. The van der Waals surface area contributed by atoms with Crippen molar-refractivity contribution in [2.75, 3.05) is 18.4 Å². The second-order valence-corrected chi connectivity index (χ2v) is 6.99. The fourth-order valence-electron chi connectivity index (χ4n) is 2.15. The molecule has 0 aliphatic rings. The molecule has 0 aliphatic heterocycles. The van der Waals surface area contributed by atoms with Crippen molar-refractivity contribution >= 4 is 38.9 Å². The van der Waals surface area contributed by atoms with Gasteiger partial charge in [0.1, 0.15) is 0 Å². The van der Waals surface area contributed by atoms with E-state index in [2.05, 4.69) is 38.8 Å². The molecule has 1 aromatic heterocycles. The Hall–Kier alpha value is -1.43. The maximum Gasteiger partial charge on any atom is 0.238 e. The maximum absolute atomic E-state index is 12.3. The third-order valence-corrected chi connectivity index (χ3v) is 4.53. The minimum absolute atomic E-state index is 0.0103. The third-order valence-electron chi connectivity index (χ3n) is 3.18. The topological polar surface area (TPSA) is 32.3 Å². The molecule has 5 heteroatoms. The highest BCUT2D eigenvalue weighted by Gasteiger charge is 2.12. The molecule has 1 aromatic carbocycles. The lowest BCUT2D eigenvalue weighted by Crippen LogP contribution is -2.33. The summed E-state index contributed by atoms with van der Waals surface area (Å²) >= 11 is 5.13. The number of carbonyl (C=O) groups is 1. The van der Waals surface area contributed by atoms with Crippen LogP contribution < -0.4 is 5.32 Å². The Morgan fingerprint density at radius 1 is 1.45 bits per heavy atom. The second kappa shape index (κ2) is 8.27. The van der Waals surface area contributed by atoms with Gasteiger partial charge in [-0.1, -0.05) is 28.1 Å². The lowest BCUT2D eigenvalue weighted by Gasteiger charge is -2.19. The van der Waals surface area contributed by atoms with Crippen LogP contribution in [0.2, 0.25) is 0 Å². The van der Waals surface area contributed by atoms with Crippen LogP contribution in [0.3, 0.4) is 0 Å². The average Bonchev–Trinajstić information content (AvgIpc) is 2.95. The van der Waals surface area contributed by atoms with Crippen molar-refractivity contribution in [1.29, 1.82) is 0 Å². The van der Waals surface area contributed by atoms with Crippen LogP contribution in [0, 0.1) is 6.92 Å².